The van der Waals surface area contributed by atoms with Crippen LogP contribution >= 0.6 is 11.8 Å². The van der Waals surface area contributed by atoms with Gasteiger partial charge < -0.3 is 82.8 Å². The molecule has 7 atom stereocenters. The van der Waals surface area contributed by atoms with Crippen molar-refractivity contribution in [2.75, 3.05) is 44.7 Å². The fourth-order valence-electron chi connectivity index (χ4n) is 7.72. The molecule has 0 saturated carbocycles. The van der Waals surface area contributed by atoms with E-state index in [4.69, 9.17) is 45.9 Å². The number of carbonyl (C=O) groups excluding carboxylic acids is 7. The zero-order valence-electron chi connectivity index (χ0n) is 42.1. The maximum absolute atomic E-state index is 14.5. The molecule has 0 fully saturated rings. The zero-order chi connectivity index (χ0) is 53.4. The Hall–Kier alpha value is -6.18. The predicted molar refractivity (Wildman–Crippen MR) is 283 cm³/mol. The largest absolute Gasteiger partial charge is 0.370 e. The van der Waals surface area contributed by atoms with Gasteiger partial charge in [0.1, 0.15) is 36.3 Å². The highest BCUT2D eigenvalue weighted by molar-refractivity contribution is 7.98. The summed E-state index contributed by atoms with van der Waals surface area (Å²) < 4.78 is 0. The molecule has 7 amide bonds. The average molecular weight is 1030 g/mol. The zero-order valence-corrected chi connectivity index (χ0v) is 42.9. The van der Waals surface area contributed by atoms with Crippen LogP contribution in [-0.4, -0.2) is 139 Å². The van der Waals surface area contributed by atoms with Gasteiger partial charge in [0.25, 0.3) is 0 Å². The number of nitrogens with one attached hydrogen (secondary N) is 7. The molecular formula is C47H83N17O7S. The number of unbranched alkanes of at least 4 members (excludes halogenated alkanes) is 3. The van der Waals surface area contributed by atoms with Crippen molar-refractivity contribution in [1.29, 1.82) is 0 Å². The summed E-state index contributed by atoms with van der Waals surface area (Å²) in [6.07, 6.45) is 8.70. The van der Waals surface area contributed by atoms with Crippen LogP contribution in [0.3, 0.4) is 0 Å². The number of benzene rings is 1. The maximum atomic E-state index is 14.5. The fourth-order valence-corrected chi connectivity index (χ4v) is 8.19. The average Bonchev–Trinajstić information content (AvgIpc) is 3.75. The van der Waals surface area contributed by atoms with Gasteiger partial charge in [-0.15, -0.1) is 0 Å². The van der Waals surface area contributed by atoms with Crippen LogP contribution in [0, 0.1) is 5.92 Å². The van der Waals surface area contributed by atoms with Gasteiger partial charge in [-0.1, -0.05) is 25.1 Å². The Labute approximate surface area is 427 Å². The minimum absolute atomic E-state index is 0.0250. The van der Waals surface area contributed by atoms with E-state index in [1.807, 2.05) is 30.5 Å². The van der Waals surface area contributed by atoms with E-state index in [9.17, 15) is 33.6 Å². The highest BCUT2D eigenvalue weighted by atomic mass is 32.2. The van der Waals surface area contributed by atoms with Crippen molar-refractivity contribution in [1.82, 2.24) is 36.9 Å². The molecular weight excluding hydrogens is 947 g/mol. The number of para-hydroxylation sites is 1. The first-order valence-electron chi connectivity index (χ1n) is 24.8. The second kappa shape index (κ2) is 35.0. The summed E-state index contributed by atoms with van der Waals surface area (Å²) in [7, 11) is 0. The molecule has 0 aliphatic rings. The van der Waals surface area contributed by atoms with E-state index in [0.717, 1.165) is 10.9 Å². The molecule has 0 bridgehead atoms. The van der Waals surface area contributed by atoms with Crippen molar-refractivity contribution < 1.29 is 33.6 Å². The van der Waals surface area contributed by atoms with Crippen molar-refractivity contribution in [3.63, 3.8) is 0 Å². The van der Waals surface area contributed by atoms with Crippen molar-refractivity contribution in [2.45, 2.75) is 139 Å². The molecule has 0 saturated heterocycles. The topological polar surface area (TPSA) is 440 Å². The van der Waals surface area contributed by atoms with Crippen molar-refractivity contribution in [2.24, 2.45) is 61.8 Å². The third-order valence-electron chi connectivity index (χ3n) is 11.9. The number of aliphatic imine (C=N–C) groups is 2. The second-order valence-electron chi connectivity index (χ2n) is 17.8. The van der Waals surface area contributed by atoms with Crippen LogP contribution in [0.1, 0.15) is 102 Å². The normalized spacial score (nSPS) is 14.0. The smallest absolute Gasteiger partial charge is 0.243 e. The molecule has 0 radical (unpaired) electrons. The number of H-pyrrole nitrogens is 1. The highest BCUT2D eigenvalue weighted by Crippen LogP contribution is 2.20. The first kappa shape index (κ1) is 61.9. The summed E-state index contributed by atoms with van der Waals surface area (Å²) in [5, 5.41) is 17.6. The van der Waals surface area contributed by atoms with Crippen molar-refractivity contribution in [3.8, 4) is 0 Å². The van der Waals surface area contributed by atoms with E-state index in [-0.39, 0.29) is 57.0 Å². The fraction of sp³-hybridized carbons (Fsp3) is 0.638. The number of hydrogen-bond donors (Lipinski definition) is 15. The molecule has 404 valence electrons. The van der Waals surface area contributed by atoms with E-state index >= 15 is 0 Å². The lowest BCUT2D eigenvalue weighted by molar-refractivity contribution is -0.135. The molecule has 1 heterocycles. The molecule has 7 unspecified atom stereocenters. The second-order valence-corrected chi connectivity index (χ2v) is 18.8. The van der Waals surface area contributed by atoms with Crippen LogP contribution in [-0.2, 0) is 40.0 Å². The van der Waals surface area contributed by atoms with E-state index in [1.165, 1.54) is 11.8 Å². The van der Waals surface area contributed by atoms with Crippen molar-refractivity contribution >= 4 is 75.9 Å². The summed E-state index contributed by atoms with van der Waals surface area (Å²) in [5.41, 5.74) is 46.2. The predicted octanol–water partition coefficient (Wildman–Crippen LogP) is -2.01. The Morgan fingerprint density at radius 2 is 0.931 bits per heavy atom. The van der Waals surface area contributed by atoms with Crippen LogP contribution in [0.25, 0.3) is 10.9 Å². The number of aromatic amines is 1. The number of amides is 7. The summed E-state index contributed by atoms with van der Waals surface area (Å²) in [5.74, 6) is -4.74. The molecule has 23 N–H and O–H groups in total. The molecule has 1 aromatic carbocycles. The number of nitrogens with zero attached hydrogens (tertiary/aromatic N) is 2. The number of fused-ring (bicyclic) bond motifs is 1. The van der Waals surface area contributed by atoms with Gasteiger partial charge >= 0.3 is 0 Å². The standard InChI is InChI=1S/C47H83N17O7S/c1-29(13-11-24-56-46(52)53)40(66)60-36(19-12-25-57-47(54)55)42(68)63-37(20-26-72-2)44(70)61-35(18-7-10-23-50)43(69)64-38(27-30-28-58-32-15-4-3-14-31(30)32)45(71)62-34(17-6-9-22-49)41(67)59-33(39(51)65)16-5-8-21-48/h3-4,14-15,28-29,33-38,58H,5-13,16-27,48-50H2,1-2H3,(H2,51,65)(H,59,67)(H,60,66)(H,61,70)(H,62,71)(H,63,68)(H,64,69)(H4,52,53,56)(H4,54,55,57). The highest BCUT2D eigenvalue weighted by Gasteiger charge is 2.34. The lowest BCUT2D eigenvalue weighted by Crippen LogP contribution is -2.60. The Kier molecular flexibility index (Phi) is 30.1. The molecule has 0 spiro atoms. The number of guanidine groups is 2. The van der Waals surface area contributed by atoms with Gasteiger partial charge in [-0.05, 0) is 133 Å². The van der Waals surface area contributed by atoms with Gasteiger partial charge in [-0.3, -0.25) is 43.5 Å². The molecule has 24 nitrogen and oxygen atoms in total. The monoisotopic (exact) mass is 1030 g/mol. The molecule has 1 aromatic heterocycles. The minimum Gasteiger partial charge on any atom is -0.370 e. The molecule has 2 aromatic rings. The van der Waals surface area contributed by atoms with Gasteiger partial charge in [-0.25, -0.2) is 0 Å². The Balaban J connectivity index is 2.49. The summed E-state index contributed by atoms with van der Waals surface area (Å²) >= 11 is 1.44. The van der Waals surface area contributed by atoms with Crippen LogP contribution in [0.4, 0.5) is 0 Å². The lowest BCUT2D eigenvalue weighted by Gasteiger charge is -2.28. The van der Waals surface area contributed by atoms with Gasteiger partial charge in [-0.2, -0.15) is 11.8 Å². The van der Waals surface area contributed by atoms with Crippen LogP contribution in [0.2, 0.25) is 0 Å². The molecule has 25 heteroatoms. The SMILES string of the molecule is CSCCC(NC(=O)C(CCCN=C(N)N)NC(=O)C(C)CCCN=C(N)N)C(=O)NC(CCCCN)C(=O)NC(Cc1c[nH]c2ccccc12)C(=O)NC(CCCCN)C(=O)NC(CCCCN)C(N)=O. The molecule has 2 rings (SSSR count). The number of nitrogens with two attached hydrogens (primary N) is 8. The first-order chi connectivity index (χ1) is 34.4. The quantitative estimate of drug-likeness (QED) is 0.0196. The van der Waals surface area contributed by atoms with Crippen LogP contribution in [0.5, 0.6) is 0 Å². The van der Waals surface area contributed by atoms with Gasteiger partial charge in [0.2, 0.25) is 41.4 Å². The summed E-state index contributed by atoms with van der Waals surface area (Å²) in [6, 6.07) is 0.556. The van der Waals surface area contributed by atoms with E-state index in [1.54, 1.807) is 13.1 Å². The van der Waals surface area contributed by atoms with E-state index < -0.39 is 83.5 Å². The van der Waals surface area contributed by atoms with Gasteiger partial charge in [0, 0.05) is 42.5 Å². The number of rotatable bonds is 38. The lowest BCUT2D eigenvalue weighted by atomic mass is 10.0. The number of carbonyl (C=O) groups is 7. The van der Waals surface area contributed by atoms with Gasteiger partial charge in [0.15, 0.2) is 11.9 Å². The number of thioether (sulfide) groups is 1. The Bertz CT molecular complexity index is 2060. The van der Waals surface area contributed by atoms with Crippen LogP contribution < -0.4 is 77.8 Å². The van der Waals surface area contributed by atoms with Crippen molar-refractivity contribution in [3.05, 3.63) is 36.0 Å². The molecule has 0 aliphatic heterocycles. The number of aromatic nitrogens is 1. The van der Waals surface area contributed by atoms with Crippen LogP contribution in [0.15, 0.2) is 40.4 Å². The summed E-state index contributed by atoms with van der Waals surface area (Å²) in [4.78, 5) is 108. The minimum atomic E-state index is -1.28. The number of primary amides is 1. The van der Waals surface area contributed by atoms with Gasteiger partial charge in [0.05, 0.1) is 0 Å². The Morgan fingerprint density at radius 1 is 0.528 bits per heavy atom. The molecule has 0 aliphatic carbocycles. The number of hydrogen-bond acceptors (Lipinski definition) is 13. The summed E-state index contributed by atoms with van der Waals surface area (Å²) in [6.45, 7) is 3.25. The molecule has 72 heavy (non-hydrogen) atoms. The third-order valence-corrected chi connectivity index (χ3v) is 12.5. The first-order valence-corrected chi connectivity index (χ1v) is 26.2. The third kappa shape index (κ3) is 23.8. The van der Waals surface area contributed by atoms with E-state index in [2.05, 4.69) is 46.9 Å². The van der Waals surface area contributed by atoms with E-state index in [0.29, 0.717) is 95.3 Å². The Morgan fingerprint density at radius 3 is 1.40 bits per heavy atom. The maximum Gasteiger partial charge on any atom is 0.243 e.